The van der Waals surface area contributed by atoms with Crippen molar-refractivity contribution in [3.63, 3.8) is 0 Å². The van der Waals surface area contributed by atoms with Crippen molar-refractivity contribution in [3.8, 4) is 0 Å². The van der Waals surface area contributed by atoms with Gasteiger partial charge in [-0.05, 0) is 55.2 Å². The molecule has 2 aromatic rings. The minimum absolute atomic E-state index is 0.105. The Morgan fingerprint density at radius 2 is 2.05 bits per heavy atom. The van der Waals surface area contributed by atoms with E-state index in [0.717, 1.165) is 41.9 Å². The number of hydrogen-bond acceptors (Lipinski definition) is 2. The summed E-state index contributed by atoms with van der Waals surface area (Å²) in [6.07, 6.45) is 1.71. The lowest BCUT2D eigenvalue weighted by molar-refractivity contribution is 0.628. The molecule has 2 nitrogen and oxygen atoms in total. The molecule has 1 unspecified atom stereocenters. The van der Waals surface area contributed by atoms with Gasteiger partial charge in [-0.1, -0.05) is 23.7 Å². The zero-order chi connectivity index (χ0) is 15.0. The number of benzene rings is 2. The monoisotopic (exact) mass is 304 g/mol. The molecule has 1 aliphatic heterocycles. The standard InChI is InChI=1S/C17H18ClFN2/c1-11(20)8-12-2-5-16(15(18)9-12)21-7-6-13-3-4-14(19)10-17(13)21/h2-5,9-11H,6-8,20H2,1H3. The van der Waals surface area contributed by atoms with E-state index in [9.17, 15) is 4.39 Å². The molecule has 21 heavy (non-hydrogen) atoms. The lowest BCUT2D eigenvalue weighted by Crippen LogP contribution is -2.18. The minimum Gasteiger partial charge on any atom is -0.340 e. The van der Waals surface area contributed by atoms with E-state index in [1.54, 1.807) is 6.07 Å². The maximum Gasteiger partial charge on any atom is 0.125 e. The van der Waals surface area contributed by atoms with Crippen LogP contribution < -0.4 is 10.6 Å². The van der Waals surface area contributed by atoms with Gasteiger partial charge in [0, 0.05) is 18.3 Å². The Bertz CT molecular complexity index is 670. The van der Waals surface area contributed by atoms with Gasteiger partial charge < -0.3 is 10.6 Å². The molecule has 1 heterocycles. The summed E-state index contributed by atoms with van der Waals surface area (Å²) in [7, 11) is 0. The van der Waals surface area contributed by atoms with E-state index in [-0.39, 0.29) is 11.9 Å². The third kappa shape index (κ3) is 2.89. The number of nitrogens with zero attached hydrogens (tertiary/aromatic N) is 1. The van der Waals surface area contributed by atoms with Gasteiger partial charge >= 0.3 is 0 Å². The second kappa shape index (κ2) is 5.66. The van der Waals surface area contributed by atoms with Crippen molar-refractivity contribution in [3.05, 3.63) is 58.4 Å². The van der Waals surface area contributed by atoms with Crippen molar-refractivity contribution in [2.45, 2.75) is 25.8 Å². The molecular weight excluding hydrogens is 287 g/mol. The number of fused-ring (bicyclic) bond motifs is 1. The molecule has 0 bridgehead atoms. The molecule has 110 valence electrons. The Balaban J connectivity index is 1.94. The van der Waals surface area contributed by atoms with E-state index in [2.05, 4.69) is 4.90 Å². The van der Waals surface area contributed by atoms with Crippen LogP contribution in [0, 0.1) is 5.82 Å². The molecule has 1 aliphatic rings. The highest BCUT2D eigenvalue weighted by Crippen LogP contribution is 2.38. The summed E-state index contributed by atoms with van der Waals surface area (Å²) < 4.78 is 13.5. The Hall–Kier alpha value is -1.58. The first kappa shape index (κ1) is 14.4. The third-order valence-corrected chi connectivity index (χ3v) is 4.11. The van der Waals surface area contributed by atoms with E-state index >= 15 is 0 Å². The molecule has 0 amide bonds. The smallest absolute Gasteiger partial charge is 0.125 e. The number of halogens is 2. The summed E-state index contributed by atoms with van der Waals surface area (Å²) in [4.78, 5) is 2.08. The molecular formula is C17H18ClFN2. The fraction of sp³-hybridized carbons (Fsp3) is 0.294. The van der Waals surface area contributed by atoms with Crippen LogP contribution in [0.25, 0.3) is 0 Å². The zero-order valence-electron chi connectivity index (χ0n) is 11.9. The van der Waals surface area contributed by atoms with E-state index in [4.69, 9.17) is 17.3 Å². The van der Waals surface area contributed by atoms with E-state index < -0.39 is 0 Å². The highest BCUT2D eigenvalue weighted by atomic mass is 35.5. The highest BCUT2D eigenvalue weighted by Gasteiger charge is 2.22. The van der Waals surface area contributed by atoms with Crippen LogP contribution in [0.3, 0.4) is 0 Å². The van der Waals surface area contributed by atoms with Crippen molar-refractivity contribution in [1.82, 2.24) is 0 Å². The normalized spacial score (nSPS) is 15.1. The van der Waals surface area contributed by atoms with E-state index in [1.165, 1.54) is 6.07 Å². The molecule has 2 N–H and O–H groups in total. The summed E-state index contributed by atoms with van der Waals surface area (Å²) in [6, 6.07) is 11.0. The van der Waals surface area contributed by atoms with Gasteiger partial charge in [0.15, 0.2) is 0 Å². The lowest BCUT2D eigenvalue weighted by atomic mass is 10.1. The molecule has 0 saturated heterocycles. The molecule has 0 aromatic heterocycles. The largest absolute Gasteiger partial charge is 0.340 e. The first-order valence-corrected chi connectivity index (χ1v) is 7.52. The Kier molecular flexibility index (Phi) is 3.87. The average Bonchev–Trinajstić information content (AvgIpc) is 2.81. The van der Waals surface area contributed by atoms with Crippen molar-refractivity contribution in [2.75, 3.05) is 11.4 Å². The van der Waals surface area contributed by atoms with Gasteiger partial charge in [-0.25, -0.2) is 4.39 Å². The van der Waals surface area contributed by atoms with Gasteiger partial charge in [0.25, 0.3) is 0 Å². The Morgan fingerprint density at radius 3 is 2.76 bits per heavy atom. The van der Waals surface area contributed by atoms with Crippen molar-refractivity contribution < 1.29 is 4.39 Å². The predicted octanol–water partition coefficient (Wildman–Crippen LogP) is 4.06. The van der Waals surface area contributed by atoms with Gasteiger partial charge in [0.05, 0.1) is 10.7 Å². The second-order valence-electron chi connectivity index (χ2n) is 5.64. The highest BCUT2D eigenvalue weighted by molar-refractivity contribution is 6.33. The maximum absolute atomic E-state index is 13.5. The summed E-state index contributed by atoms with van der Waals surface area (Å²) in [5.74, 6) is -0.217. The van der Waals surface area contributed by atoms with Crippen LogP contribution in [-0.4, -0.2) is 12.6 Å². The van der Waals surface area contributed by atoms with Crippen LogP contribution in [0.15, 0.2) is 36.4 Å². The molecule has 0 fully saturated rings. The Morgan fingerprint density at radius 1 is 1.24 bits per heavy atom. The van der Waals surface area contributed by atoms with E-state index in [0.29, 0.717) is 5.02 Å². The van der Waals surface area contributed by atoms with Gasteiger partial charge in [0.2, 0.25) is 0 Å². The van der Waals surface area contributed by atoms with Crippen molar-refractivity contribution in [1.29, 1.82) is 0 Å². The predicted molar refractivity (Wildman–Crippen MR) is 85.9 cm³/mol. The summed E-state index contributed by atoms with van der Waals surface area (Å²) >= 11 is 6.42. The maximum atomic E-state index is 13.5. The van der Waals surface area contributed by atoms with Crippen LogP contribution in [-0.2, 0) is 12.8 Å². The van der Waals surface area contributed by atoms with Gasteiger partial charge in [-0.2, -0.15) is 0 Å². The molecule has 0 saturated carbocycles. The summed E-state index contributed by atoms with van der Waals surface area (Å²) in [6.45, 7) is 2.80. The fourth-order valence-corrected chi connectivity index (χ4v) is 3.18. The molecule has 3 rings (SSSR count). The molecule has 1 atom stereocenters. The van der Waals surface area contributed by atoms with E-state index in [1.807, 2.05) is 31.2 Å². The first-order chi connectivity index (χ1) is 10.0. The second-order valence-corrected chi connectivity index (χ2v) is 6.05. The summed E-state index contributed by atoms with van der Waals surface area (Å²) in [5.41, 5.74) is 9.94. The van der Waals surface area contributed by atoms with Crippen LogP contribution in [0.1, 0.15) is 18.1 Å². The number of anilines is 2. The molecule has 0 aliphatic carbocycles. The number of hydrogen-bond donors (Lipinski definition) is 1. The fourth-order valence-electron chi connectivity index (χ4n) is 2.87. The van der Waals surface area contributed by atoms with Gasteiger partial charge in [-0.15, -0.1) is 0 Å². The average molecular weight is 305 g/mol. The topological polar surface area (TPSA) is 29.3 Å². The van der Waals surface area contributed by atoms with Crippen LogP contribution >= 0.6 is 11.6 Å². The van der Waals surface area contributed by atoms with Crippen LogP contribution in [0.5, 0.6) is 0 Å². The first-order valence-electron chi connectivity index (χ1n) is 7.14. The molecule has 2 aromatic carbocycles. The van der Waals surface area contributed by atoms with Crippen molar-refractivity contribution in [2.24, 2.45) is 5.73 Å². The number of nitrogens with two attached hydrogens (primary N) is 1. The van der Waals surface area contributed by atoms with Crippen LogP contribution in [0.2, 0.25) is 5.02 Å². The Labute approximate surface area is 129 Å². The van der Waals surface area contributed by atoms with Gasteiger partial charge in [0.1, 0.15) is 5.82 Å². The summed E-state index contributed by atoms with van der Waals surface area (Å²) in [5, 5.41) is 0.685. The SMILES string of the molecule is CC(N)Cc1ccc(N2CCc3ccc(F)cc32)c(Cl)c1. The van der Waals surface area contributed by atoms with Gasteiger partial charge in [-0.3, -0.25) is 0 Å². The lowest BCUT2D eigenvalue weighted by Gasteiger charge is -2.21. The molecule has 4 heteroatoms. The minimum atomic E-state index is -0.217. The molecule has 0 spiro atoms. The molecule has 0 radical (unpaired) electrons. The van der Waals surface area contributed by atoms with Crippen LogP contribution in [0.4, 0.5) is 15.8 Å². The van der Waals surface area contributed by atoms with Crippen molar-refractivity contribution >= 4 is 23.0 Å². The zero-order valence-corrected chi connectivity index (χ0v) is 12.7. The quantitative estimate of drug-likeness (QED) is 0.926. The third-order valence-electron chi connectivity index (χ3n) is 3.80. The number of rotatable bonds is 3.